The fourth-order valence-corrected chi connectivity index (χ4v) is 1.82. The molecule has 16 heavy (non-hydrogen) atoms. The Morgan fingerprint density at radius 2 is 2.31 bits per heavy atom. The van der Waals surface area contributed by atoms with Crippen LogP contribution in [0, 0.1) is 0 Å². The first kappa shape index (κ1) is 12.8. The van der Waals surface area contributed by atoms with Crippen LogP contribution in [0.15, 0.2) is 18.2 Å². The first-order chi connectivity index (χ1) is 7.58. The molecule has 1 heterocycles. The second-order valence-electron chi connectivity index (χ2n) is 2.88. The summed E-state index contributed by atoms with van der Waals surface area (Å²) in [5, 5.41) is 8.39. The van der Waals surface area contributed by atoms with Gasteiger partial charge in [-0.3, -0.25) is 0 Å². The number of thiophene rings is 1. The maximum absolute atomic E-state index is 11.8. The van der Waals surface area contributed by atoms with Crippen molar-refractivity contribution in [3.63, 3.8) is 0 Å². The number of hydrogen-bond acceptors (Lipinski definition) is 3. The Morgan fingerprint density at radius 1 is 1.56 bits per heavy atom. The molecule has 1 aromatic heterocycles. The van der Waals surface area contributed by atoms with E-state index in [9.17, 15) is 13.6 Å². The van der Waals surface area contributed by atoms with Crippen molar-refractivity contribution in [3.8, 4) is 0 Å². The van der Waals surface area contributed by atoms with E-state index in [0.717, 1.165) is 15.8 Å². The van der Waals surface area contributed by atoms with Crippen LogP contribution >= 0.6 is 11.3 Å². The van der Waals surface area contributed by atoms with E-state index in [2.05, 4.69) is 0 Å². The van der Waals surface area contributed by atoms with Crippen molar-refractivity contribution in [1.82, 2.24) is 0 Å². The van der Waals surface area contributed by atoms with Crippen molar-refractivity contribution in [3.05, 3.63) is 28.0 Å². The summed E-state index contributed by atoms with van der Waals surface area (Å²) in [6.07, 6.45) is 0.00512. The van der Waals surface area contributed by atoms with Crippen molar-refractivity contribution >= 4 is 23.4 Å². The van der Waals surface area contributed by atoms with Crippen molar-refractivity contribution < 1.29 is 23.4 Å². The van der Waals surface area contributed by atoms with E-state index in [4.69, 9.17) is 9.84 Å². The lowest BCUT2D eigenvalue weighted by atomic mass is 10.4. The van der Waals surface area contributed by atoms with Crippen molar-refractivity contribution in [2.24, 2.45) is 0 Å². The Bertz CT molecular complexity index is 374. The van der Waals surface area contributed by atoms with Crippen LogP contribution in [0.4, 0.5) is 8.78 Å². The van der Waals surface area contributed by atoms with E-state index < -0.39 is 19.0 Å². The molecular formula is C10H10F2O3S. The highest BCUT2D eigenvalue weighted by Crippen LogP contribution is 2.18. The summed E-state index contributed by atoms with van der Waals surface area (Å²) in [4.78, 5) is 11.8. The minimum absolute atomic E-state index is 0.121. The van der Waals surface area contributed by atoms with E-state index in [1.807, 2.05) is 0 Å². The van der Waals surface area contributed by atoms with Gasteiger partial charge in [0.2, 0.25) is 0 Å². The van der Waals surface area contributed by atoms with Crippen LogP contribution in [0.25, 0.3) is 6.08 Å². The van der Waals surface area contributed by atoms with Gasteiger partial charge in [-0.1, -0.05) is 0 Å². The first-order valence-electron chi connectivity index (χ1n) is 4.43. The standard InChI is InChI=1S/C10H10F2O3S/c11-9(12)6-15-5-8-2-1-7(16-8)3-4-10(13)14/h1-4,9H,5-6H2,(H,13,14)/b4-3+. The molecule has 0 saturated carbocycles. The Morgan fingerprint density at radius 3 is 2.94 bits per heavy atom. The largest absolute Gasteiger partial charge is 0.478 e. The first-order valence-corrected chi connectivity index (χ1v) is 5.25. The Labute approximate surface area is 95.0 Å². The molecule has 0 saturated heterocycles. The molecule has 0 atom stereocenters. The molecule has 0 amide bonds. The number of carboxylic acids is 1. The van der Waals surface area contributed by atoms with Gasteiger partial charge in [-0.05, 0) is 18.2 Å². The average molecular weight is 248 g/mol. The zero-order chi connectivity index (χ0) is 12.0. The van der Waals surface area contributed by atoms with Gasteiger partial charge in [0.15, 0.2) is 0 Å². The smallest absolute Gasteiger partial charge is 0.328 e. The number of carboxylic acid groups (broad SMARTS) is 1. The minimum Gasteiger partial charge on any atom is -0.478 e. The molecule has 0 radical (unpaired) electrons. The zero-order valence-electron chi connectivity index (χ0n) is 8.23. The zero-order valence-corrected chi connectivity index (χ0v) is 9.05. The number of aliphatic carboxylic acids is 1. The molecule has 0 aliphatic heterocycles. The molecule has 6 heteroatoms. The van der Waals surface area contributed by atoms with Gasteiger partial charge in [-0.25, -0.2) is 13.6 Å². The third-order valence-corrected chi connectivity index (χ3v) is 2.58. The maximum Gasteiger partial charge on any atom is 0.328 e. The van der Waals surface area contributed by atoms with E-state index in [1.165, 1.54) is 17.4 Å². The Hall–Kier alpha value is -1.27. The number of hydrogen-bond donors (Lipinski definition) is 1. The Balaban J connectivity index is 2.42. The minimum atomic E-state index is -2.47. The van der Waals surface area contributed by atoms with Gasteiger partial charge >= 0.3 is 5.97 Å². The SMILES string of the molecule is O=C(O)/C=C/c1ccc(COCC(F)F)s1. The summed E-state index contributed by atoms with van der Waals surface area (Å²) < 4.78 is 28.2. The normalized spacial score (nSPS) is 11.4. The van der Waals surface area contributed by atoms with Crippen LogP contribution in [0.2, 0.25) is 0 Å². The summed E-state index contributed by atoms with van der Waals surface area (Å²) >= 11 is 1.31. The second kappa shape index (κ2) is 6.34. The van der Waals surface area contributed by atoms with Crippen LogP contribution in [0.5, 0.6) is 0 Å². The quantitative estimate of drug-likeness (QED) is 0.787. The lowest BCUT2D eigenvalue weighted by Crippen LogP contribution is -2.03. The number of halogens is 2. The highest BCUT2D eigenvalue weighted by molar-refractivity contribution is 7.12. The van der Waals surface area contributed by atoms with Gasteiger partial charge in [0, 0.05) is 15.8 Å². The molecule has 0 spiro atoms. The summed E-state index contributed by atoms with van der Waals surface area (Å²) in [5.41, 5.74) is 0. The van der Waals surface area contributed by atoms with E-state index in [0.29, 0.717) is 0 Å². The van der Waals surface area contributed by atoms with Crippen LogP contribution in [-0.4, -0.2) is 24.1 Å². The van der Waals surface area contributed by atoms with Crippen LogP contribution in [0.3, 0.4) is 0 Å². The maximum atomic E-state index is 11.8. The van der Waals surface area contributed by atoms with Gasteiger partial charge in [-0.2, -0.15) is 0 Å². The molecule has 0 unspecified atom stereocenters. The molecule has 0 bridgehead atoms. The monoisotopic (exact) mass is 248 g/mol. The number of rotatable bonds is 6. The van der Waals surface area contributed by atoms with Crippen LogP contribution in [-0.2, 0) is 16.1 Å². The highest BCUT2D eigenvalue weighted by Gasteiger charge is 2.03. The topological polar surface area (TPSA) is 46.5 Å². The summed E-state index contributed by atoms with van der Waals surface area (Å²) in [6.45, 7) is -0.464. The Kier molecular flexibility index (Phi) is 5.07. The molecule has 0 fully saturated rings. The van der Waals surface area contributed by atoms with Crippen molar-refractivity contribution in [1.29, 1.82) is 0 Å². The third-order valence-electron chi connectivity index (χ3n) is 1.56. The molecule has 0 aromatic carbocycles. The molecule has 0 aliphatic rings. The number of ether oxygens (including phenoxy) is 1. The van der Waals surface area contributed by atoms with Gasteiger partial charge in [0.25, 0.3) is 6.43 Å². The van der Waals surface area contributed by atoms with Crippen molar-refractivity contribution in [2.45, 2.75) is 13.0 Å². The van der Waals surface area contributed by atoms with Crippen LogP contribution in [0.1, 0.15) is 9.75 Å². The van der Waals surface area contributed by atoms with Gasteiger partial charge in [-0.15, -0.1) is 11.3 Å². The summed E-state index contributed by atoms with van der Waals surface area (Å²) in [6, 6.07) is 3.43. The van der Waals surface area contributed by atoms with Gasteiger partial charge in [0.05, 0.1) is 6.61 Å². The molecule has 1 N–H and O–H groups in total. The van der Waals surface area contributed by atoms with Crippen LogP contribution < -0.4 is 0 Å². The molecule has 1 aromatic rings. The molecule has 0 aliphatic carbocycles. The van der Waals surface area contributed by atoms with E-state index in [-0.39, 0.29) is 6.61 Å². The highest BCUT2D eigenvalue weighted by atomic mass is 32.1. The van der Waals surface area contributed by atoms with E-state index in [1.54, 1.807) is 12.1 Å². The van der Waals surface area contributed by atoms with Gasteiger partial charge in [0.1, 0.15) is 6.61 Å². The molecule has 1 rings (SSSR count). The number of alkyl halides is 2. The van der Waals surface area contributed by atoms with Crippen molar-refractivity contribution in [2.75, 3.05) is 6.61 Å². The van der Waals surface area contributed by atoms with Gasteiger partial charge < -0.3 is 9.84 Å². The molecular weight excluding hydrogens is 238 g/mol. The lowest BCUT2D eigenvalue weighted by molar-refractivity contribution is -0.131. The molecule has 3 nitrogen and oxygen atoms in total. The second-order valence-corrected chi connectivity index (χ2v) is 4.08. The fourth-order valence-electron chi connectivity index (χ4n) is 0.964. The fraction of sp³-hybridized carbons (Fsp3) is 0.300. The lowest BCUT2D eigenvalue weighted by Gasteiger charge is -1.99. The summed E-state index contributed by atoms with van der Waals surface area (Å²) in [5.74, 6) is -1.02. The number of carbonyl (C=O) groups is 1. The third kappa shape index (κ3) is 4.99. The predicted octanol–water partition coefficient (Wildman–Crippen LogP) is 2.63. The predicted molar refractivity (Wildman–Crippen MR) is 56.6 cm³/mol. The summed E-state index contributed by atoms with van der Waals surface area (Å²) in [7, 11) is 0. The molecule has 88 valence electrons. The van der Waals surface area contributed by atoms with E-state index >= 15 is 0 Å². The average Bonchev–Trinajstić information content (AvgIpc) is 2.62.